The Bertz CT molecular complexity index is 422. The quantitative estimate of drug-likeness (QED) is 0.436. The molecule has 3 fully saturated rings. The molecule has 0 N–H and O–H groups in total. The zero-order chi connectivity index (χ0) is 19.1. The summed E-state index contributed by atoms with van der Waals surface area (Å²) >= 11 is 0. The van der Waals surface area contributed by atoms with Crippen molar-refractivity contribution in [3.05, 3.63) is 0 Å². The first-order valence-electron chi connectivity index (χ1n) is 12.4. The molecular formula is C25H44O2. The molecule has 3 rings (SSSR count). The summed E-state index contributed by atoms with van der Waals surface area (Å²) in [6.07, 6.45) is 21.4. The summed E-state index contributed by atoms with van der Waals surface area (Å²) in [5, 5.41) is 0. The molecule has 0 saturated heterocycles. The Balaban J connectivity index is 1.34. The lowest BCUT2D eigenvalue weighted by Gasteiger charge is -2.41. The summed E-state index contributed by atoms with van der Waals surface area (Å²) < 4.78 is 5.65. The third kappa shape index (κ3) is 6.23. The van der Waals surface area contributed by atoms with Crippen LogP contribution in [-0.2, 0) is 9.53 Å². The molecule has 3 saturated carbocycles. The predicted molar refractivity (Wildman–Crippen MR) is 113 cm³/mol. The molecule has 0 amide bonds. The Morgan fingerprint density at radius 1 is 0.667 bits per heavy atom. The molecule has 0 atom stereocenters. The van der Waals surface area contributed by atoms with Crippen molar-refractivity contribution >= 4 is 5.97 Å². The summed E-state index contributed by atoms with van der Waals surface area (Å²) in [5.41, 5.74) is 0. The fourth-order valence-electron chi connectivity index (χ4n) is 6.57. The lowest BCUT2D eigenvalue weighted by molar-refractivity contribution is -0.151. The van der Waals surface area contributed by atoms with Gasteiger partial charge in [0.2, 0.25) is 0 Å². The van der Waals surface area contributed by atoms with Crippen LogP contribution in [0.1, 0.15) is 117 Å². The Hall–Kier alpha value is -0.530. The largest absolute Gasteiger partial charge is 0.462 e. The van der Waals surface area contributed by atoms with Crippen molar-refractivity contribution in [3.8, 4) is 0 Å². The number of hydrogen-bond acceptors (Lipinski definition) is 2. The molecule has 0 spiro atoms. The highest BCUT2D eigenvalue weighted by Crippen LogP contribution is 2.45. The van der Waals surface area contributed by atoms with Gasteiger partial charge in [-0.2, -0.15) is 0 Å². The highest BCUT2D eigenvalue weighted by molar-refractivity contribution is 5.69. The Morgan fingerprint density at radius 3 is 1.56 bits per heavy atom. The highest BCUT2D eigenvalue weighted by atomic mass is 16.5. The van der Waals surface area contributed by atoms with Crippen LogP contribution in [0.2, 0.25) is 0 Å². The average Bonchev–Trinajstić information content (AvgIpc) is 2.70. The minimum atomic E-state index is 0.0233. The molecule has 0 unspecified atom stereocenters. The van der Waals surface area contributed by atoms with Crippen LogP contribution in [0, 0.1) is 29.6 Å². The maximum Gasteiger partial charge on any atom is 0.306 e. The van der Waals surface area contributed by atoms with Crippen LogP contribution in [0.4, 0.5) is 0 Å². The third-order valence-electron chi connectivity index (χ3n) is 8.21. The Labute approximate surface area is 168 Å². The van der Waals surface area contributed by atoms with E-state index in [2.05, 4.69) is 6.92 Å². The van der Waals surface area contributed by atoms with E-state index in [9.17, 15) is 4.79 Å². The Kier molecular flexibility index (Phi) is 8.52. The van der Waals surface area contributed by atoms with Crippen molar-refractivity contribution < 1.29 is 9.53 Å². The van der Waals surface area contributed by atoms with Gasteiger partial charge in [-0.15, -0.1) is 0 Å². The van der Waals surface area contributed by atoms with Gasteiger partial charge >= 0.3 is 5.97 Å². The van der Waals surface area contributed by atoms with Crippen LogP contribution in [-0.4, -0.2) is 12.1 Å². The normalized spacial score (nSPS) is 37.7. The van der Waals surface area contributed by atoms with E-state index in [1.54, 1.807) is 0 Å². The molecule has 2 heteroatoms. The molecule has 0 aliphatic heterocycles. The van der Waals surface area contributed by atoms with Crippen LogP contribution in [0.5, 0.6) is 0 Å². The number of esters is 1. The smallest absolute Gasteiger partial charge is 0.306 e. The minimum Gasteiger partial charge on any atom is -0.462 e. The van der Waals surface area contributed by atoms with Gasteiger partial charge in [0.25, 0.3) is 0 Å². The van der Waals surface area contributed by atoms with Crippen LogP contribution in [0.25, 0.3) is 0 Å². The SMILES string of the molecule is CCCC(=O)OC1CCC(C2CCC(C3CCC(CCC)CC3)CC2)CC1. The molecule has 0 aromatic rings. The molecule has 156 valence electrons. The summed E-state index contributed by atoms with van der Waals surface area (Å²) in [6, 6.07) is 0. The van der Waals surface area contributed by atoms with Crippen molar-refractivity contribution in [2.24, 2.45) is 29.6 Å². The van der Waals surface area contributed by atoms with E-state index in [0.717, 1.165) is 48.9 Å². The number of ether oxygens (including phenoxy) is 1. The maximum absolute atomic E-state index is 11.7. The summed E-state index contributed by atoms with van der Waals surface area (Å²) in [4.78, 5) is 11.7. The molecule has 0 heterocycles. The van der Waals surface area contributed by atoms with Crippen molar-refractivity contribution in [1.82, 2.24) is 0 Å². The number of rotatable bonds is 7. The van der Waals surface area contributed by atoms with E-state index in [4.69, 9.17) is 4.74 Å². The molecule has 0 aromatic heterocycles. The molecule has 2 nitrogen and oxygen atoms in total. The molecule has 27 heavy (non-hydrogen) atoms. The first kappa shape index (κ1) is 21.2. The van der Waals surface area contributed by atoms with Crippen LogP contribution < -0.4 is 0 Å². The monoisotopic (exact) mass is 376 g/mol. The van der Waals surface area contributed by atoms with E-state index in [1.807, 2.05) is 6.92 Å². The van der Waals surface area contributed by atoms with Gasteiger partial charge in [-0.3, -0.25) is 4.79 Å². The third-order valence-corrected chi connectivity index (χ3v) is 8.21. The Morgan fingerprint density at radius 2 is 1.11 bits per heavy atom. The second-order valence-corrected chi connectivity index (χ2v) is 10.0. The van der Waals surface area contributed by atoms with Gasteiger partial charge in [0.15, 0.2) is 0 Å². The standard InChI is InChI=1S/C25H44O2/c1-3-5-19-7-9-20(10-8-19)21-11-13-22(14-12-21)23-15-17-24(18-16-23)27-25(26)6-4-2/h19-24H,3-18H2,1-2H3. The molecule has 0 bridgehead atoms. The van der Waals surface area contributed by atoms with Crippen LogP contribution in [0.15, 0.2) is 0 Å². The van der Waals surface area contributed by atoms with E-state index in [-0.39, 0.29) is 12.1 Å². The van der Waals surface area contributed by atoms with E-state index >= 15 is 0 Å². The van der Waals surface area contributed by atoms with Crippen LogP contribution in [0.3, 0.4) is 0 Å². The van der Waals surface area contributed by atoms with Gasteiger partial charge in [-0.25, -0.2) is 0 Å². The fourth-order valence-corrected chi connectivity index (χ4v) is 6.57. The van der Waals surface area contributed by atoms with Gasteiger partial charge in [-0.1, -0.05) is 39.5 Å². The van der Waals surface area contributed by atoms with E-state index < -0.39 is 0 Å². The zero-order valence-electron chi connectivity index (χ0n) is 18.1. The summed E-state index contributed by atoms with van der Waals surface area (Å²) in [5.74, 6) is 5.03. The average molecular weight is 377 g/mol. The second-order valence-electron chi connectivity index (χ2n) is 10.0. The molecule has 0 aromatic carbocycles. The summed E-state index contributed by atoms with van der Waals surface area (Å²) in [7, 11) is 0. The molecular weight excluding hydrogens is 332 g/mol. The predicted octanol–water partition coefficient (Wildman–Crippen LogP) is 7.30. The molecule has 0 radical (unpaired) electrons. The second kappa shape index (κ2) is 10.9. The molecule has 3 aliphatic rings. The van der Waals surface area contributed by atoms with Crippen molar-refractivity contribution in [1.29, 1.82) is 0 Å². The lowest BCUT2D eigenvalue weighted by Crippen LogP contribution is -2.31. The zero-order valence-corrected chi connectivity index (χ0v) is 18.1. The van der Waals surface area contributed by atoms with Gasteiger partial charge in [-0.05, 0) is 100 Å². The van der Waals surface area contributed by atoms with Crippen molar-refractivity contribution in [3.63, 3.8) is 0 Å². The first-order valence-corrected chi connectivity index (χ1v) is 12.4. The fraction of sp³-hybridized carbons (Fsp3) is 0.960. The van der Waals surface area contributed by atoms with E-state index in [1.165, 1.54) is 77.0 Å². The van der Waals surface area contributed by atoms with Gasteiger partial charge in [0.1, 0.15) is 6.10 Å². The van der Waals surface area contributed by atoms with Gasteiger partial charge < -0.3 is 4.74 Å². The van der Waals surface area contributed by atoms with Gasteiger partial charge in [0.05, 0.1) is 0 Å². The van der Waals surface area contributed by atoms with Crippen molar-refractivity contribution in [2.45, 2.75) is 123 Å². The number of hydrogen-bond donors (Lipinski definition) is 0. The number of carbonyl (C=O) groups is 1. The number of carbonyl (C=O) groups excluding carboxylic acids is 1. The maximum atomic E-state index is 11.7. The molecule has 3 aliphatic carbocycles. The van der Waals surface area contributed by atoms with E-state index in [0.29, 0.717) is 6.42 Å². The topological polar surface area (TPSA) is 26.3 Å². The minimum absolute atomic E-state index is 0.0233. The van der Waals surface area contributed by atoms with Crippen molar-refractivity contribution in [2.75, 3.05) is 0 Å². The summed E-state index contributed by atoms with van der Waals surface area (Å²) in [6.45, 7) is 4.39. The van der Waals surface area contributed by atoms with Crippen LogP contribution >= 0.6 is 0 Å². The first-order chi connectivity index (χ1) is 13.2. The van der Waals surface area contributed by atoms with Gasteiger partial charge in [0, 0.05) is 6.42 Å². The highest BCUT2D eigenvalue weighted by Gasteiger charge is 2.35. The lowest BCUT2D eigenvalue weighted by atomic mass is 9.65.